The number of nitrogens with zero attached hydrogens (tertiary/aromatic N) is 3. The van der Waals surface area contributed by atoms with Crippen LogP contribution in [0.3, 0.4) is 0 Å². The first kappa shape index (κ1) is 19.0. The van der Waals surface area contributed by atoms with Gasteiger partial charge < -0.3 is 9.84 Å². The lowest BCUT2D eigenvalue weighted by Crippen LogP contribution is -2.44. The molecule has 0 saturated carbocycles. The van der Waals surface area contributed by atoms with E-state index in [0.717, 1.165) is 19.6 Å². The topological polar surface area (TPSA) is 100 Å². The molecule has 1 unspecified atom stereocenters. The molecule has 1 aliphatic heterocycles. The van der Waals surface area contributed by atoms with Crippen LogP contribution in [0.4, 0.5) is 0 Å². The summed E-state index contributed by atoms with van der Waals surface area (Å²) in [5.74, 6) is 1.26. The summed E-state index contributed by atoms with van der Waals surface area (Å²) in [6.07, 6.45) is 0. The van der Waals surface area contributed by atoms with Crippen LogP contribution in [0.1, 0.15) is 25.7 Å². The summed E-state index contributed by atoms with van der Waals surface area (Å²) in [4.78, 5) is 6.88. The monoisotopic (exact) mass is 379 g/mol. The maximum atomic E-state index is 12.3. The van der Waals surface area contributed by atoms with Crippen molar-refractivity contribution in [3.63, 3.8) is 0 Å². The molecule has 9 heteroatoms. The number of rotatable bonds is 6. The molecule has 2 heterocycles. The Labute approximate surface area is 154 Å². The van der Waals surface area contributed by atoms with Gasteiger partial charge in [0.1, 0.15) is 0 Å². The number of piperazine rings is 1. The van der Waals surface area contributed by atoms with Gasteiger partial charge in [-0.05, 0) is 37.2 Å². The summed E-state index contributed by atoms with van der Waals surface area (Å²) in [6, 6.07) is 6.54. The molecule has 142 valence electrons. The molecule has 2 aromatic rings. The Balaban J connectivity index is 1.75. The fourth-order valence-corrected chi connectivity index (χ4v) is 3.93. The number of likely N-dealkylation sites (N-methyl/N-ethyl adjacent to an activating group) is 1. The van der Waals surface area contributed by atoms with E-state index in [1.807, 2.05) is 20.9 Å². The van der Waals surface area contributed by atoms with Gasteiger partial charge >= 0.3 is 0 Å². The van der Waals surface area contributed by atoms with Crippen molar-refractivity contribution < 1.29 is 12.9 Å². The van der Waals surface area contributed by atoms with Crippen molar-refractivity contribution in [2.24, 2.45) is 5.92 Å². The van der Waals surface area contributed by atoms with Gasteiger partial charge in [-0.15, -0.1) is 0 Å². The number of hydrogen-bond acceptors (Lipinski definition) is 7. The Morgan fingerprint density at radius 2 is 2.08 bits per heavy atom. The van der Waals surface area contributed by atoms with Crippen LogP contribution in [-0.4, -0.2) is 56.7 Å². The third-order valence-corrected chi connectivity index (χ3v) is 5.78. The Kier molecular flexibility index (Phi) is 5.71. The zero-order chi connectivity index (χ0) is 18.7. The third kappa shape index (κ3) is 4.29. The lowest BCUT2D eigenvalue weighted by atomic mass is 10.2. The van der Waals surface area contributed by atoms with Crippen LogP contribution in [0.15, 0.2) is 33.7 Å². The molecule has 1 fully saturated rings. The fraction of sp³-hybridized carbons (Fsp3) is 0.529. The molecule has 1 saturated heterocycles. The van der Waals surface area contributed by atoms with Crippen molar-refractivity contribution in [2.45, 2.75) is 24.8 Å². The van der Waals surface area contributed by atoms with Crippen molar-refractivity contribution in [1.82, 2.24) is 25.1 Å². The Bertz CT molecular complexity index is 832. The normalized spacial score (nSPS) is 19.2. The molecule has 1 aliphatic rings. The van der Waals surface area contributed by atoms with E-state index in [1.165, 1.54) is 0 Å². The summed E-state index contributed by atoms with van der Waals surface area (Å²) in [6.45, 7) is 6.95. The fourth-order valence-electron chi connectivity index (χ4n) is 2.72. The predicted octanol–water partition coefficient (Wildman–Crippen LogP) is 1.25. The molecule has 0 radical (unpaired) electrons. The lowest BCUT2D eigenvalue weighted by molar-refractivity contribution is 0.190. The SMILES string of the molecule is CC(C)CNS(=O)(=O)c1ccc(-c2nc(C3CNCCN3C)no2)cc1. The smallest absolute Gasteiger partial charge is 0.257 e. The molecular formula is C17H25N5O3S. The van der Waals surface area contributed by atoms with E-state index in [0.29, 0.717) is 23.8 Å². The molecule has 0 bridgehead atoms. The average molecular weight is 379 g/mol. The van der Waals surface area contributed by atoms with Crippen LogP contribution in [0.2, 0.25) is 0 Å². The van der Waals surface area contributed by atoms with Crippen molar-refractivity contribution in [2.75, 3.05) is 33.2 Å². The first-order chi connectivity index (χ1) is 12.4. The third-order valence-electron chi connectivity index (χ3n) is 4.34. The zero-order valence-corrected chi connectivity index (χ0v) is 16.1. The van der Waals surface area contributed by atoms with Crippen LogP contribution in [-0.2, 0) is 10.0 Å². The Hall–Kier alpha value is -1.81. The van der Waals surface area contributed by atoms with E-state index in [9.17, 15) is 8.42 Å². The molecule has 1 aromatic heterocycles. The number of hydrogen-bond donors (Lipinski definition) is 2. The summed E-state index contributed by atoms with van der Waals surface area (Å²) in [5, 5.41) is 7.41. The zero-order valence-electron chi connectivity index (χ0n) is 15.3. The van der Waals surface area contributed by atoms with Gasteiger partial charge in [-0.1, -0.05) is 19.0 Å². The highest BCUT2D eigenvalue weighted by Gasteiger charge is 2.25. The van der Waals surface area contributed by atoms with Gasteiger partial charge in [0.15, 0.2) is 5.82 Å². The second kappa shape index (κ2) is 7.83. The van der Waals surface area contributed by atoms with E-state index in [1.54, 1.807) is 24.3 Å². The summed E-state index contributed by atoms with van der Waals surface area (Å²) >= 11 is 0. The Morgan fingerprint density at radius 1 is 1.35 bits per heavy atom. The number of benzene rings is 1. The number of aromatic nitrogens is 2. The van der Waals surface area contributed by atoms with Gasteiger partial charge in [0.2, 0.25) is 10.0 Å². The van der Waals surface area contributed by atoms with Crippen LogP contribution in [0.5, 0.6) is 0 Å². The lowest BCUT2D eigenvalue weighted by Gasteiger charge is -2.30. The van der Waals surface area contributed by atoms with E-state index in [-0.39, 0.29) is 16.9 Å². The van der Waals surface area contributed by atoms with Crippen LogP contribution in [0, 0.1) is 5.92 Å². The van der Waals surface area contributed by atoms with E-state index in [4.69, 9.17) is 4.52 Å². The minimum atomic E-state index is -3.51. The van der Waals surface area contributed by atoms with E-state index >= 15 is 0 Å². The molecule has 0 amide bonds. The van der Waals surface area contributed by atoms with Gasteiger partial charge in [0, 0.05) is 31.7 Å². The predicted molar refractivity (Wildman–Crippen MR) is 98.0 cm³/mol. The van der Waals surface area contributed by atoms with Crippen molar-refractivity contribution in [1.29, 1.82) is 0 Å². The summed E-state index contributed by atoms with van der Waals surface area (Å²) < 4.78 is 32.5. The summed E-state index contributed by atoms with van der Waals surface area (Å²) in [5.41, 5.74) is 0.693. The largest absolute Gasteiger partial charge is 0.334 e. The van der Waals surface area contributed by atoms with Crippen LogP contribution in [0.25, 0.3) is 11.5 Å². The first-order valence-electron chi connectivity index (χ1n) is 8.71. The van der Waals surface area contributed by atoms with E-state index < -0.39 is 10.0 Å². The highest BCUT2D eigenvalue weighted by Crippen LogP contribution is 2.23. The second-order valence-electron chi connectivity index (χ2n) is 6.93. The standard InChI is InChI=1S/C17H25N5O3S/c1-12(2)10-19-26(23,24)14-6-4-13(5-7-14)17-20-16(21-25-17)15-11-18-8-9-22(15)3/h4-7,12,15,18-19H,8-11H2,1-3H3. The van der Waals surface area contributed by atoms with Gasteiger partial charge in [0.05, 0.1) is 10.9 Å². The minimum absolute atomic E-state index is 0.0705. The van der Waals surface area contributed by atoms with Crippen molar-refractivity contribution in [3.05, 3.63) is 30.1 Å². The molecule has 3 rings (SSSR count). The molecule has 2 N–H and O–H groups in total. The Morgan fingerprint density at radius 3 is 2.73 bits per heavy atom. The molecule has 0 aliphatic carbocycles. The average Bonchev–Trinajstić information content (AvgIpc) is 3.10. The highest BCUT2D eigenvalue weighted by molar-refractivity contribution is 7.89. The molecule has 1 aromatic carbocycles. The maximum absolute atomic E-state index is 12.3. The van der Waals surface area contributed by atoms with Crippen LogP contribution >= 0.6 is 0 Å². The molecule has 26 heavy (non-hydrogen) atoms. The first-order valence-corrected chi connectivity index (χ1v) is 10.2. The molecule has 1 atom stereocenters. The quantitative estimate of drug-likeness (QED) is 0.779. The van der Waals surface area contributed by atoms with E-state index in [2.05, 4.69) is 25.1 Å². The van der Waals surface area contributed by atoms with Gasteiger partial charge in [-0.2, -0.15) is 4.98 Å². The molecule has 0 spiro atoms. The van der Waals surface area contributed by atoms with Crippen molar-refractivity contribution in [3.8, 4) is 11.5 Å². The van der Waals surface area contributed by atoms with Crippen molar-refractivity contribution >= 4 is 10.0 Å². The minimum Gasteiger partial charge on any atom is -0.334 e. The maximum Gasteiger partial charge on any atom is 0.257 e. The van der Waals surface area contributed by atoms with Crippen LogP contribution < -0.4 is 10.0 Å². The molecular weight excluding hydrogens is 354 g/mol. The van der Waals surface area contributed by atoms with Gasteiger partial charge in [-0.25, -0.2) is 13.1 Å². The second-order valence-corrected chi connectivity index (χ2v) is 8.70. The number of nitrogens with one attached hydrogen (secondary N) is 2. The molecule has 8 nitrogen and oxygen atoms in total. The highest BCUT2D eigenvalue weighted by atomic mass is 32.2. The summed E-state index contributed by atoms with van der Waals surface area (Å²) in [7, 11) is -1.47. The number of sulfonamides is 1. The van der Waals surface area contributed by atoms with Gasteiger partial charge in [0.25, 0.3) is 5.89 Å². The van der Waals surface area contributed by atoms with Gasteiger partial charge in [-0.3, -0.25) is 4.90 Å².